The summed E-state index contributed by atoms with van der Waals surface area (Å²) in [5, 5.41) is 7.55. The zero-order valence-electron chi connectivity index (χ0n) is 23.1. The number of aryl methyl sites for hydroxylation is 2. The molecule has 8 rings (SSSR count). The van der Waals surface area contributed by atoms with E-state index < -0.39 is 16.6 Å². The summed E-state index contributed by atoms with van der Waals surface area (Å²) in [6.45, 7) is 7.75. The van der Waals surface area contributed by atoms with Crippen LogP contribution in [0, 0.1) is 24.2 Å². The summed E-state index contributed by atoms with van der Waals surface area (Å²) in [4.78, 5) is 41.2. The number of carbonyl (C=O) groups excluding carboxylic acids is 1. The summed E-state index contributed by atoms with van der Waals surface area (Å²) in [6.07, 6.45) is 10.2. The number of nitrogens with one attached hydrogen (secondary N) is 1. The van der Waals surface area contributed by atoms with Crippen LogP contribution in [0.2, 0.25) is 0 Å². The molecule has 39 heavy (non-hydrogen) atoms. The quantitative estimate of drug-likeness (QED) is 0.395. The fraction of sp³-hybridized carbons (Fsp3) is 0.571. The van der Waals surface area contributed by atoms with Crippen molar-refractivity contribution in [2.45, 2.75) is 77.4 Å². The molecule has 0 radical (unpaired) electrons. The number of pyridine rings is 1. The Morgan fingerprint density at radius 3 is 2.62 bits per heavy atom. The minimum Gasteiger partial charge on any atom is -0.460 e. The number of hydrogen-bond acceptors (Lipinski definition) is 8. The fourth-order valence-corrected chi connectivity index (χ4v) is 7.91. The number of carbonyl (C=O) groups is 1. The van der Waals surface area contributed by atoms with Crippen molar-refractivity contribution in [3.8, 4) is 0 Å². The Labute approximate surface area is 225 Å². The van der Waals surface area contributed by atoms with Gasteiger partial charge in [-0.05, 0) is 89.7 Å². The molecule has 4 heterocycles. The molecule has 4 aliphatic rings. The highest BCUT2D eigenvalue weighted by molar-refractivity contribution is 5.79. The largest absolute Gasteiger partial charge is 0.460 e. The smallest absolute Gasteiger partial charge is 0.330 e. The number of esters is 1. The topological polar surface area (TPSA) is 121 Å². The van der Waals surface area contributed by atoms with E-state index >= 15 is 0 Å². The van der Waals surface area contributed by atoms with Crippen LogP contribution in [0.5, 0.6) is 0 Å². The lowest BCUT2D eigenvalue weighted by atomic mass is 9.46. The van der Waals surface area contributed by atoms with Crippen molar-refractivity contribution >= 4 is 34.4 Å². The van der Waals surface area contributed by atoms with Gasteiger partial charge in [0.25, 0.3) is 0 Å². The van der Waals surface area contributed by atoms with Crippen LogP contribution in [0.3, 0.4) is 0 Å². The van der Waals surface area contributed by atoms with Crippen molar-refractivity contribution < 1.29 is 9.53 Å². The molecule has 4 aliphatic carbocycles. The molecule has 4 fully saturated rings. The molecule has 4 saturated carbocycles. The number of imidazole rings is 1. The second kappa shape index (κ2) is 7.89. The molecule has 0 spiro atoms. The zero-order chi connectivity index (χ0) is 27.3. The summed E-state index contributed by atoms with van der Waals surface area (Å²) in [5.74, 6) is 1.06. The maximum Gasteiger partial charge on any atom is 0.330 e. The Bertz CT molecular complexity index is 1690. The van der Waals surface area contributed by atoms with Crippen LogP contribution >= 0.6 is 0 Å². The number of ether oxygens (including phenoxy) is 1. The number of nitrogens with zero attached hydrogens (tertiary/aromatic N) is 7. The van der Waals surface area contributed by atoms with Gasteiger partial charge in [-0.2, -0.15) is 10.1 Å². The van der Waals surface area contributed by atoms with Gasteiger partial charge in [-0.25, -0.2) is 19.3 Å². The predicted molar refractivity (Wildman–Crippen MR) is 145 cm³/mol. The Balaban J connectivity index is 1.32. The molecule has 2 unspecified atom stereocenters. The van der Waals surface area contributed by atoms with Crippen LogP contribution in [-0.4, -0.2) is 45.3 Å². The van der Waals surface area contributed by atoms with E-state index in [4.69, 9.17) is 9.72 Å². The third-order valence-corrected chi connectivity index (χ3v) is 9.01. The number of anilines is 2. The standard InChI is InChI=1S/C28H34N8O3/c1-16-6-21-30-15-31-35(21)13-19(16)32-24-29-12-20-22(33-24)36(25(38)34(20)5)28-10-17-7-18(11-28)9-27(8-17,14-28)23(37)39-26(2,3)4/h6,12-13,15,17-18H,7-11,14H2,1-5H3,(H,29,32,33). The summed E-state index contributed by atoms with van der Waals surface area (Å²) >= 11 is 0. The molecule has 4 aromatic rings. The highest BCUT2D eigenvalue weighted by atomic mass is 16.6. The SMILES string of the molecule is Cc1cc2ncnn2cc1Nc1ncc2c(n1)n(C13CC4CC(CC(C(=O)OC(C)(C)C)(C4)C1)C3)c(=O)n2C. The minimum atomic E-state index is -0.558. The molecule has 2 atom stereocenters. The second-order valence-corrected chi connectivity index (χ2v) is 13.1. The second-order valence-electron chi connectivity index (χ2n) is 13.1. The zero-order valence-corrected chi connectivity index (χ0v) is 23.1. The van der Waals surface area contributed by atoms with Crippen LogP contribution in [0.15, 0.2) is 29.6 Å². The summed E-state index contributed by atoms with van der Waals surface area (Å²) < 4.78 is 11.2. The number of rotatable bonds is 4. The third kappa shape index (κ3) is 3.69. The maximum absolute atomic E-state index is 13.9. The van der Waals surface area contributed by atoms with Crippen molar-refractivity contribution in [3.63, 3.8) is 0 Å². The molecule has 204 valence electrons. The summed E-state index contributed by atoms with van der Waals surface area (Å²) in [5.41, 5.74) is 2.11. The molecule has 0 saturated heterocycles. The van der Waals surface area contributed by atoms with Crippen molar-refractivity contribution in [1.29, 1.82) is 0 Å². The van der Waals surface area contributed by atoms with Crippen molar-refractivity contribution in [2.24, 2.45) is 24.3 Å². The van der Waals surface area contributed by atoms with Crippen LogP contribution in [0.25, 0.3) is 16.8 Å². The van der Waals surface area contributed by atoms with E-state index in [1.165, 1.54) is 6.33 Å². The van der Waals surface area contributed by atoms with Crippen LogP contribution < -0.4 is 11.0 Å². The van der Waals surface area contributed by atoms with Gasteiger partial charge < -0.3 is 10.1 Å². The van der Waals surface area contributed by atoms with Gasteiger partial charge in [0.15, 0.2) is 11.3 Å². The highest BCUT2D eigenvalue weighted by Gasteiger charge is 2.63. The first kappa shape index (κ1) is 24.3. The molecule has 1 N–H and O–H groups in total. The first-order chi connectivity index (χ1) is 18.5. The normalized spacial score (nSPS) is 27.9. The lowest BCUT2D eigenvalue weighted by molar-refractivity contribution is -0.189. The van der Waals surface area contributed by atoms with Gasteiger partial charge in [-0.15, -0.1) is 0 Å². The van der Waals surface area contributed by atoms with Gasteiger partial charge in [-0.3, -0.25) is 13.9 Å². The van der Waals surface area contributed by atoms with Crippen molar-refractivity contribution in [2.75, 3.05) is 5.32 Å². The first-order valence-electron chi connectivity index (χ1n) is 13.7. The van der Waals surface area contributed by atoms with Gasteiger partial charge >= 0.3 is 11.7 Å². The average Bonchev–Trinajstić information content (AvgIpc) is 3.39. The van der Waals surface area contributed by atoms with Crippen LogP contribution in [0.4, 0.5) is 11.6 Å². The average molecular weight is 531 g/mol. The van der Waals surface area contributed by atoms with Gasteiger partial charge in [0.1, 0.15) is 17.4 Å². The van der Waals surface area contributed by atoms with E-state index in [2.05, 4.69) is 20.4 Å². The van der Waals surface area contributed by atoms with Crippen LogP contribution in [-0.2, 0) is 22.1 Å². The van der Waals surface area contributed by atoms with Crippen molar-refractivity contribution in [3.05, 3.63) is 40.8 Å². The Hall–Kier alpha value is -3.76. The van der Waals surface area contributed by atoms with E-state index in [1.807, 2.05) is 44.5 Å². The molecular formula is C28H34N8O3. The molecule has 0 amide bonds. The summed E-state index contributed by atoms with van der Waals surface area (Å²) in [7, 11) is 1.77. The Kier molecular flexibility index (Phi) is 4.92. The number of fused-ring (bicyclic) bond motifs is 2. The number of hydrogen-bond donors (Lipinski definition) is 1. The molecule has 0 aromatic carbocycles. The van der Waals surface area contributed by atoms with E-state index in [1.54, 1.807) is 22.3 Å². The first-order valence-corrected chi connectivity index (χ1v) is 13.7. The molecule has 4 bridgehead atoms. The van der Waals surface area contributed by atoms with Crippen molar-refractivity contribution in [1.82, 2.24) is 33.7 Å². The Morgan fingerprint density at radius 2 is 1.90 bits per heavy atom. The monoisotopic (exact) mass is 530 g/mol. The van der Waals surface area contributed by atoms with E-state index in [0.717, 1.165) is 49.0 Å². The molecule has 11 nitrogen and oxygen atoms in total. The minimum absolute atomic E-state index is 0.113. The predicted octanol–water partition coefficient (Wildman–Crippen LogP) is 3.86. The van der Waals surface area contributed by atoms with E-state index in [0.29, 0.717) is 35.4 Å². The highest BCUT2D eigenvalue weighted by Crippen LogP contribution is 2.64. The molecular weight excluding hydrogens is 496 g/mol. The van der Waals surface area contributed by atoms with E-state index in [9.17, 15) is 9.59 Å². The maximum atomic E-state index is 13.9. The summed E-state index contributed by atoms with van der Waals surface area (Å²) in [6, 6.07) is 1.94. The fourth-order valence-electron chi connectivity index (χ4n) is 7.91. The molecule has 0 aliphatic heterocycles. The number of aromatic nitrogens is 7. The lowest BCUT2D eigenvalue weighted by Gasteiger charge is -2.61. The van der Waals surface area contributed by atoms with Crippen LogP contribution in [0.1, 0.15) is 64.9 Å². The van der Waals surface area contributed by atoms with Gasteiger partial charge in [0.2, 0.25) is 5.95 Å². The van der Waals surface area contributed by atoms with E-state index in [-0.39, 0.29) is 11.7 Å². The van der Waals surface area contributed by atoms with Gasteiger partial charge in [0, 0.05) is 7.05 Å². The van der Waals surface area contributed by atoms with Gasteiger partial charge in [0.05, 0.1) is 29.0 Å². The molecule has 4 aromatic heterocycles. The Morgan fingerprint density at radius 1 is 1.15 bits per heavy atom. The third-order valence-electron chi connectivity index (χ3n) is 9.01. The molecule has 11 heteroatoms. The lowest BCUT2D eigenvalue weighted by Crippen LogP contribution is -2.61. The van der Waals surface area contributed by atoms with Gasteiger partial charge in [-0.1, -0.05) is 0 Å².